The molecule has 72 valence electrons. The normalized spacial score (nSPS) is 10.6. The molecular weight excluding hydrogens is 250 g/mol. The first-order valence-corrected chi connectivity index (χ1v) is 4.58. The number of halogens is 1. The molecule has 1 heterocycles. The number of nitrogens with two attached hydrogens (primary N) is 1. The average Bonchev–Trinajstić information content (AvgIpc) is 2.42. The van der Waals surface area contributed by atoms with Crippen molar-refractivity contribution in [2.24, 2.45) is 5.73 Å². The highest BCUT2D eigenvalue weighted by Gasteiger charge is 2.10. The van der Waals surface area contributed by atoms with Crippen molar-refractivity contribution in [3.63, 3.8) is 0 Å². The first-order chi connectivity index (χ1) is 6.58. The van der Waals surface area contributed by atoms with E-state index in [2.05, 4.69) is 25.9 Å². The Kier molecular flexibility index (Phi) is 1.92. The molecule has 0 aliphatic carbocycles. The minimum Gasteiger partial charge on any atom is -0.366 e. The number of hydrogen-bond donors (Lipinski definition) is 3. The highest BCUT2D eigenvalue weighted by Crippen LogP contribution is 2.20. The topological polar surface area (TPSA) is 91.7 Å². The van der Waals surface area contributed by atoms with Crippen molar-refractivity contribution in [2.45, 2.75) is 0 Å². The molecule has 0 spiro atoms. The molecular formula is C8H6BrN3O2. The highest BCUT2D eigenvalue weighted by atomic mass is 79.9. The van der Waals surface area contributed by atoms with E-state index in [1.165, 1.54) is 0 Å². The second-order valence-corrected chi connectivity index (χ2v) is 3.73. The number of aromatic nitrogens is 2. The van der Waals surface area contributed by atoms with E-state index >= 15 is 0 Å². The van der Waals surface area contributed by atoms with Gasteiger partial charge in [0.05, 0.1) is 16.6 Å². The molecule has 4 N–H and O–H groups in total. The second-order valence-electron chi connectivity index (χ2n) is 2.82. The van der Waals surface area contributed by atoms with Crippen LogP contribution >= 0.6 is 15.9 Å². The lowest BCUT2D eigenvalue weighted by atomic mass is 10.2. The van der Waals surface area contributed by atoms with E-state index < -0.39 is 5.91 Å². The Morgan fingerprint density at radius 3 is 2.71 bits per heavy atom. The average molecular weight is 256 g/mol. The SMILES string of the molecule is NC(=O)c1cc(Br)cc2[nH]c(=O)[nH]c12. The zero-order valence-electron chi connectivity index (χ0n) is 6.93. The predicted octanol–water partition coefficient (Wildman–Crippen LogP) is 0.718. The lowest BCUT2D eigenvalue weighted by Crippen LogP contribution is -2.11. The largest absolute Gasteiger partial charge is 0.366 e. The molecule has 1 aromatic heterocycles. The van der Waals surface area contributed by atoms with Crippen molar-refractivity contribution in [3.8, 4) is 0 Å². The molecule has 1 aromatic carbocycles. The Morgan fingerprint density at radius 2 is 2.07 bits per heavy atom. The maximum absolute atomic E-state index is 11.0. The summed E-state index contributed by atoms with van der Waals surface area (Å²) in [6, 6.07) is 3.26. The van der Waals surface area contributed by atoms with E-state index in [1.807, 2.05) is 0 Å². The van der Waals surface area contributed by atoms with Crippen LogP contribution in [0.1, 0.15) is 10.4 Å². The van der Waals surface area contributed by atoms with Crippen molar-refractivity contribution in [1.29, 1.82) is 0 Å². The molecule has 0 saturated carbocycles. The number of amides is 1. The van der Waals surface area contributed by atoms with Gasteiger partial charge in [0.2, 0.25) is 0 Å². The van der Waals surface area contributed by atoms with Gasteiger partial charge in [-0.25, -0.2) is 4.79 Å². The highest BCUT2D eigenvalue weighted by molar-refractivity contribution is 9.10. The van der Waals surface area contributed by atoms with Gasteiger partial charge in [0.25, 0.3) is 5.91 Å². The number of carbonyl (C=O) groups is 1. The second kappa shape index (κ2) is 2.98. The molecule has 6 heteroatoms. The Morgan fingerprint density at radius 1 is 1.36 bits per heavy atom. The van der Waals surface area contributed by atoms with Gasteiger partial charge in [-0.1, -0.05) is 15.9 Å². The summed E-state index contributed by atoms with van der Waals surface area (Å²) >= 11 is 3.22. The summed E-state index contributed by atoms with van der Waals surface area (Å²) in [5.74, 6) is -0.577. The quantitative estimate of drug-likeness (QED) is 0.701. The number of nitrogens with one attached hydrogen (secondary N) is 2. The third-order valence-electron chi connectivity index (χ3n) is 1.86. The molecule has 5 nitrogen and oxygen atoms in total. The van der Waals surface area contributed by atoms with E-state index in [0.717, 1.165) is 0 Å². The Hall–Kier alpha value is -1.56. The van der Waals surface area contributed by atoms with Gasteiger partial charge in [0.15, 0.2) is 0 Å². The van der Waals surface area contributed by atoms with E-state index in [4.69, 9.17) is 5.73 Å². The molecule has 0 saturated heterocycles. The van der Waals surface area contributed by atoms with E-state index in [-0.39, 0.29) is 11.3 Å². The first-order valence-electron chi connectivity index (χ1n) is 3.79. The van der Waals surface area contributed by atoms with E-state index in [1.54, 1.807) is 12.1 Å². The van der Waals surface area contributed by atoms with Crippen LogP contribution in [0.15, 0.2) is 21.4 Å². The molecule has 0 unspecified atom stereocenters. The van der Waals surface area contributed by atoms with Gasteiger partial charge in [-0.15, -0.1) is 0 Å². The summed E-state index contributed by atoms with van der Waals surface area (Å²) in [5, 5.41) is 0. The Labute approximate surface area is 86.4 Å². The number of rotatable bonds is 1. The van der Waals surface area contributed by atoms with Crippen LogP contribution in [0.4, 0.5) is 0 Å². The number of primary amides is 1. The van der Waals surface area contributed by atoms with Crippen molar-refractivity contribution in [1.82, 2.24) is 9.97 Å². The molecule has 0 aliphatic rings. The third kappa shape index (κ3) is 1.33. The third-order valence-corrected chi connectivity index (χ3v) is 2.31. The van der Waals surface area contributed by atoms with Gasteiger partial charge >= 0.3 is 5.69 Å². The Bertz CT molecular complexity index is 569. The number of H-pyrrole nitrogens is 2. The van der Waals surface area contributed by atoms with Crippen molar-refractivity contribution < 1.29 is 4.79 Å². The summed E-state index contributed by atoms with van der Waals surface area (Å²) in [4.78, 5) is 27.1. The molecule has 0 aliphatic heterocycles. The molecule has 0 fully saturated rings. The Balaban J connectivity index is 2.92. The molecule has 14 heavy (non-hydrogen) atoms. The predicted molar refractivity (Wildman–Crippen MR) is 55.1 cm³/mol. The van der Waals surface area contributed by atoms with Crippen LogP contribution in [-0.4, -0.2) is 15.9 Å². The molecule has 2 rings (SSSR count). The van der Waals surface area contributed by atoms with Crippen LogP contribution in [-0.2, 0) is 0 Å². The standard InChI is InChI=1S/C8H6BrN3O2/c9-3-1-4(7(10)13)6-5(2-3)11-8(14)12-6/h1-2H,(H2,10,13)(H2,11,12,14). The minimum absolute atomic E-state index is 0.285. The van der Waals surface area contributed by atoms with Crippen LogP contribution in [0.5, 0.6) is 0 Å². The van der Waals surface area contributed by atoms with Gasteiger partial charge in [-0.3, -0.25) is 4.79 Å². The summed E-state index contributed by atoms with van der Waals surface area (Å²) in [6.45, 7) is 0. The smallest absolute Gasteiger partial charge is 0.323 e. The minimum atomic E-state index is -0.577. The van der Waals surface area contributed by atoms with Gasteiger partial charge in [0.1, 0.15) is 0 Å². The number of hydrogen-bond acceptors (Lipinski definition) is 2. The van der Waals surface area contributed by atoms with Crippen molar-refractivity contribution >= 4 is 32.9 Å². The van der Waals surface area contributed by atoms with Crippen LogP contribution in [0.25, 0.3) is 11.0 Å². The monoisotopic (exact) mass is 255 g/mol. The zero-order valence-corrected chi connectivity index (χ0v) is 8.51. The molecule has 0 bridgehead atoms. The fourth-order valence-corrected chi connectivity index (χ4v) is 1.76. The van der Waals surface area contributed by atoms with Gasteiger partial charge in [0, 0.05) is 4.47 Å². The van der Waals surface area contributed by atoms with Gasteiger partial charge < -0.3 is 15.7 Å². The number of imidazole rings is 1. The summed E-state index contributed by atoms with van der Waals surface area (Å²) in [7, 11) is 0. The van der Waals surface area contributed by atoms with Crippen molar-refractivity contribution in [2.75, 3.05) is 0 Å². The molecule has 2 aromatic rings. The van der Waals surface area contributed by atoms with Crippen LogP contribution in [0.3, 0.4) is 0 Å². The lowest BCUT2D eigenvalue weighted by molar-refractivity contribution is 0.100. The summed E-state index contributed by atoms with van der Waals surface area (Å²) < 4.78 is 0.689. The molecule has 0 radical (unpaired) electrons. The fraction of sp³-hybridized carbons (Fsp3) is 0. The van der Waals surface area contributed by atoms with Crippen LogP contribution in [0, 0.1) is 0 Å². The first kappa shape index (κ1) is 9.01. The number of aromatic amines is 2. The fourth-order valence-electron chi connectivity index (χ4n) is 1.30. The maximum Gasteiger partial charge on any atom is 0.323 e. The number of benzene rings is 1. The lowest BCUT2D eigenvalue weighted by Gasteiger charge is -1.98. The van der Waals surface area contributed by atoms with Crippen molar-refractivity contribution in [3.05, 3.63) is 32.7 Å². The van der Waals surface area contributed by atoms with E-state index in [0.29, 0.717) is 15.5 Å². The number of carbonyl (C=O) groups excluding carboxylic acids is 1. The number of fused-ring (bicyclic) bond motifs is 1. The summed E-state index contributed by atoms with van der Waals surface area (Å²) in [5.41, 5.74) is 6.08. The molecule has 1 amide bonds. The maximum atomic E-state index is 11.0. The summed E-state index contributed by atoms with van der Waals surface area (Å²) in [6.07, 6.45) is 0. The van der Waals surface area contributed by atoms with Gasteiger partial charge in [-0.05, 0) is 12.1 Å². The zero-order chi connectivity index (χ0) is 10.3. The van der Waals surface area contributed by atoms with Gasteiger partial charge in [-0.2, -0.15) is 0 Å². The van der Waals surface area contributed by atoms with Crippen LogP contribution in [0.2, 0.25) is 0 Å². The van der Waals surface area contributed by atoms with Crippen LogP contribution < -0.4 is 11.4 Å². The van der Waals surface area contributed by atoms with E-state index in [9.17, 15) is 9.59 Å². The molecule has 0 atom stereocenters.